The van der Waals surface area contributed by atoms with Crippen molar-refractivity contribution in [3.63, 3.8) is 0 Å². The van der Waals surface area contributed by atoms with Gasteiger partial charge in [0.25, 0.3) is 5.70 Å². The van der Waals surface area contributed by atoms with E-state index in [1.165, 1.54) is 47.0 Å². The van der Waals surface area contributed by atoms with Crippen molar-refractivity contribution in [2.75, 3.05) is 18.0 Å². The van der Waals surface area contributed by atoms with Gasteiger partial charge in [0.1, 0.15) is 11.6 Å². The summed E-state index contributed by atoms with van der Waals surface area (Å²) in [5, 5.41) is 9.00. The Morgan fingerprint density at radius 3 is 2.09 bits per heavy atom. The Morgan fingerprint density at radius 2 is 1.56 bits per heavy atom. The van der Waals surface area contributed by atoms with Gasteiger partial charge in [-0.3, -0.25) is 4.79 Å². The Hall–Kier alpha value is -3.02. The third-order valence-corrected chi connectivity index (χ3v) is 7.48. The number of fused-ring (bicyclic) bond motifs is 1. The second-order valence-corrected chi connectivity index (χ2v) is 10.1. The number of nitrogens with zero attached hydrogens (tertiary/aromatic N) is 2. The van der Waals surface area contributed by atoms with Crippen molar-refractivity contribution < 1.29 is 18.7 Å². The van der Waals surface area contributed by atoms with Crippen LogP contribution >= 0.6 is 22.7 Å². The predicted molar refractivity (Wildman–Crippen MR) is 139 cm³/mol. The van der Waals surface area contributed by atoms with E-state index >= 15 is 0 Å². The third-order valence-electron chi connectivity index (χ3n) is 5.27. The molecular formula is C26H26F2N2O2S2. The van der Waals surface area contributed by atoms with Gasteiger partial charge >= 0.3 is 5.97 Å². The van der Waals surface area contributed by atoms with Crippen molar-refractivity contribution in [1.29, 1.82) is 0 Å². The highest BCUT2D eigenvalue weighted by molar-refractivity contribution is 7.28. The van der Waals surface area contributed by atoms with Crippen molar-refractivity contribution >= 4 is 62.0 Å². The summed E-state index contributed by atoms with van der Waals surface area (Å²) in [6, 6.07) is 6.53. The van der Waals surface area contributed by atoms with Crippen LogP contribution in [0.1, 0.15) is 54.8 Å². The zero-order valence-corrected chi connectivity index (χ0v) is 20.7. The smallest absolute Gasteiger partial charge is 0.333 e. The number of benzene rings is 1. The van der Waals surface area contributed by atoms with E-state index in [0.29, 0.717) is 10.6 Å². The number of thiophene rings is 2. The molecule has 1 N–H and O–H groups in total. The quantitative estimate of drug-likeness (QED) is 0.213. The second kappa shape index (κ2) is 11.9. The Balaban J connectivity index is 1.81. The number of carboxylic acids is 1. The highest BCUT2D eigenvalue weighted by Crippen LogP contribution is 2.35. The van der Waals surface area contributed by atoms with E-state index in [2.05, 4.69) is 23.6 Å². The zero-order valence-electron chi connectivity index (χ0n) is 19.1. The first-order valence-electron chi connectivity index (χ1n) is 11.1. The van der Waals surface area contributed by atoms with Crippen LogP contribution in [0.25, 0.3) is 32.5 Å². The molecule has 1 aromatic carbocycles. The summed E-state index contributed by atoms with van der Waals surface area (Å²) in [7, 11) is 0. The van der Waals surface area contributed by atoms with Gasteiger partial charge in [0.2, 0.25) is 0 Å². The number of halogens is 2. The number of aliphatic carboxylic acids is 1. The molecule has 3 rings (SSSR count). The lowest BCUT2D eigenvalue weighted by atomic mass is 10.1. The summed E-state index contributed by atoms with van der Waals surface area (Å²) >= 11 is 2.80. The van der Waals surface area contributed by atoms with Gasteiger partial charge in [-0.25, -0.2) is 13.6 Å². The lowest BCUT2D eigenvalue weighted by molar-refractivity contribution is -0.132. The van der Waals surface area contributed by atoms with Crippen LogP contribution in [0.15, 0.2) is 30.0 Å². The number of anilines is 1. The molecule has 8 heteroatoms. The highest BCUT2D eigenvalue weighted by Gasteiger charge is 2.14. The minimum Gasteiger partial charge on any atom is -0.486 e. The lowest BCUT2D eigenvalue weighted by Crippen LogP contribution is -2.26. The number of hydrogen-bond donors (Lipinski definition) is 1. The summed E-state index contributed by atoms with van der Waals surface area (Å²) in [6.45, 7) is 12.7. The molecule has 34 heavy (non-hydrogen) atoms. The molecule has 0 saturated heterocycles. The molecule has 0 amide bonds. The Morgan fingerprint density at radius 1 is 1.00 bits per heavy atom. The third kappa shape index (κ3) is 6.31. The normalized spacial score (nSPS) is 11.9. The second-order valence-electron chi connectivity index (χ2n) is 7.82. The van der Waals surface area contributed by atoms with E-state index < -0.39 is 17.6 Å². The molecule has 4 nitrogen and oxygen atoms in total. The summed E-state index contributed by atoms with van der Waals surface area (Å²) in [5.74, 6) is -2.44. The number of carbonyl (C=O) groups is 1. The fourth-order valence-corrected chi connectivity index (χ4v) is 5.71. The van der Waals surface area contributed by atoms with E-state index in [9.17, 15) is 13.6 Å². The van der Waals surface area contributed by atoms with Crippen molar-refractivity contribution in [3.8, 4) is 0 Å². The number of carboxylic acid groups (broad SMARTS) is 1. The lowest BCUT2D eigenvalue weighted by Gasteiger charge is -2.25. The van der Waals surface area contributed by atoms with Crippen molar-refractivity contribution in [3.05, 3.63) is 68.3 Å². The van der Waals surface area contributed by atoms with Crippen molar-refractivity contribution in [2.24, 2.45) is 0 Å². The molecule has 0 fully saturated rings. The topological polar surface area (TPSA) is 44.9 Å². The maximum Gasteiger partial charge on any atom is 0.333 e. The number of unbranched alkanes of at least 4 members (excludes halogenated alkanes) is 2. The van der Waals surface area contributed by atoms with Crippen LogP contribution in [0.5, 0.6) is 0 Å². The molecule has 0 bridgehead atoms. The van der Waals surface area contributed by atoms with Gasteiger partial charge in [-0.1, -0.05) is 26.7 Å². The molecule has 0 radical (unpaired) electrons. The fourth-order valence-electron chi connectivity index (χ4n) is 3.45. The Kier molecular flexibility index (Phi) is 8.97. The maximum absolute atomic E-state index is 14.8. The summed E-state index contributed by atoms with van der Waals surface area (Å²) in [4.78, 5) is 17.6. The average Bonchev–Trinajstić information content (AvgIpc) is 3.34. The van der Waals surface area contributed by atoms with Crippen LogP contribution in [0, 0.1) is 18.2 Å². The molecule has 0 aliphatic carbocycles. The van der Waals surface area contributed by atoms with Gasteiger partial charge in [-0.05, 0) is 55.3 Å². The van der Waals surface area contributed by atoms with Gasteiger partial charge in [0, 0.05) is 43.5 Å². The van der Waals surface area contributed by atoms with E-state index in [0.717, 1.165) is 53.0 Å². The minimum atomic E-state index is -1.26. The largest absolute Gasteiger partial charge is 0.486 e. The Labute approximate surface area is 206 Å². The maximum atomic E-state index is 14.8. The molecule has 0 spiro atoms. The van der Waals surface area contributed by atoms with Crippen LogP contribution in [0.2, 0.25) is 0 Å². The van der Waals surface area contributed by atoms with Gasteiger partial charge in [0.15, 0.2) is 0 Å². The standard InChI is InChI=1S/C26H26F2N2O2S2/c1-4-6-10-30(11-7-5-2)17-12-21(27)20(22(28)13-17)9-8-18-15-24-25(33-18)16-19(34-24)14-23(29-3)26(31)32/h8-9,12-16H,4-7,10-11H2,1-2H3,(H,31,32)/b9-8+,23-14-. The molecule has 3 aromatic rings. The van der Waals surface area contributed by atoms with Crippen LogP contribution in [-0.2, 0) is 4.79 Å². The molecule has 0 aliphatic heterocycles. The zero-order chi connectivity index (χ0) is 24.7. The molecule has 178 valence electrons. The molecule has 2 aromatic heterocycles. The predicted octanol–water partition coefficient (Wildman–Crippen LogP) is 8.16. The summed E-state index contributed by atoms with van der Waals surface area (Å²) in [6.07, 6.45) is 8.46. The van der Waals surface area contributed by atoms with Gasteiger partial charge < -0.3 is 10.0 Å². The van der Waals surface area contributed by atoms with E-state index in [-0.39, 0.29) is 11.3 Å². The molecule has 0 atom stereocenters. The molecule has 0 unspecified atom stereocenters. The monoisotopic (exact) mass is 500 g/mol. The SMILES string of the molecule is [C-]#[N+]/C(=C\c1cc2sc(/C=C/c3c(F)cc(N(CCCC)CCCC)cc3F)cc2s1)C(=O)O. The van der Waals surface area contributed by atoms with E-state index in [4.69, 9.17) is 11.7 Å². The van der Waals surface area contributed by atoms with Gasteiger partial charge in [-0.15, -0.1) is 22.7 Å². The first kappa shape index (κ1) is 25.6. The van der Waals surface area contributed by atoms with E-state index in [1.54, 1.807) is 6.08 Å². The van der Waals surface area contributed by atoms with Gasteiger partial charge in [0.05, 0.1) is 6.57 Å². The summed E-state index contributed by atoms with van der Waals surface area (Å²) < 4.78 is 31.5. The molecule has 2 heterocycles. The van der Waals surface area contributed by atoms with Gasteiger partial charge in [-0.2, -0.15) is 0 Å². The summed E-state index contributed by atoms with van der Waals surface area (Å²) in [5.41, 5.74) is 0.163. The van der Waals surface area contributed by atoms with E-state index in [1.807, 2.05) is 12.1 Å². The van der Waals surface area contributed by atoms with Crippen LogP contribution in [-0.4, -0.2) is 24.2 Å². The number of hydrogen-bond acceptors (Lipinski definition) is 4. The minimum absolute atomic E-state index is 0.0711. The van der Waals surface area contributed by atoms with Crippen molar-refractivity contribution in [1.82, 2.24) is 0 Å². The molecule has 0 saturated carbocycles. The molecule has 0 aliphatic rings. The fraction of sp³-hybridized carbons (Fsp3) is 0.308. The first-order chi connectivity index (χ1) is 16.4. The van der Waals surface area contributed by atoms with Crippen LogP contribution < -0.4 is 4.90 Å². The van der Waals surface area contributed by atoms with Crippen molar-refractivity contribution in [2.45, 2.75) is 39.5 Å². The van der Waals surface area contributed by atoms with Crippen LogP contribution in [0.4, 0.5) is 14.5 Å². The first-order valence-corrected chi connectivity index (χ1v) is 12.8. The molecular weight excluding hydrogens is 474 g/mol. The number of rotatable bonds is 11. The average molecular weight is 501 g/mol. The highest BCUT2D eigenvalue weighted by atomic mass is 32.1. The van der Waals surface area contributed by atoms with Crippen LogP contribution in [0.3, 0.4) is 0 Å². The Bertz CT molecular complexity index is 1210.